The molecule has 1 aromatic heterocycles. The van der Waals surface area contributed by atoms with Crippen LogP contribution in [0, 0.1) is 0 Å². The summed E-state index contributed by atoms with van der Waals surface area (Å²) >= 11 is 8.32. The molecule has 0 fully saturated rings. The van der Waals surface area contributed by atoms with Gasteiger partial charge >= 0.3 is 0 Å². The summed E-state index contributed by atoms with van der Waals surface area (Å²) in [6.07, 6.45) is 2.35. The summed E-state index contributed by atoms with van der Waals surface area (Å²) in [5.41, 5.74) is 0. The van der Waals surface area contributed by atoms with Gasteiger partial charge in [-0.1, -0.05) is 11.6 Å². The number of thioether (sulfide) groups is 1. The minimum Gasteiger partial charge on any atom is -0.297 e. The van der Waals surface area contributed by atoms with Crippen LogP contribution < -0.4 is 0 Å². The molecular weight excluding hydrogens is 288 g/mol. The van der Waals surface area contributed by atoms with Crippen LogP contribution in [0.4, 0.5) is 0 Å². The Morgan fingerprint density at radius 3 is 2.38 bits per heavy atom. The number of hydrogen-bond acceptors (Lipinski definition) is 5. The average molecular weight is 299 g/mol. The molecule has 0 saturated carbocycles. The molecule has 0 radical (unpaired) electrons. The predicted molar refractivity (Wildman–Crippen MR) is 68.8 cm³/mol. The Labute approximate surface area is 108 Å². The van der Waals surface area contributed by atoms with Crippen molar-refractivity contribution < 1.29 is 13.2 Å². The zero-order valence-corrected chi connectivity index (χ0v) is 12.2. The van der Waals surface area contributed by atoms with Crippen molar-refractivity contribution in [3.05, 3.63) is 9.90 Å². The van der Waals surface area contributed by atoms with Crippen LogP contribution in [-0.2, 0) is 9.84 Å². The van der Waals surface area contributed by atoms with E-state index in [4.69, 9.17) is 11.6 Å². The lowest BCUT2D eigenvalue weighted by atomic mass is 10.5. The van der Waals surface area contributed by atoms with Crippen molar-refractivity contribution in [1.82, 2.24) is 0 Å². The largest absolute Gasteiger partial charge is 0.297 e. The summed E-state index contributed by atoms with van der Waals surface area (Å²) in [7, 11) is -3.44. The van der Waals surface area contributed by atoms with Crippen molar-refractivity contribution in [1.29, 1.82) is 0 Å². The van der Waals surface area contributed by atoms with Gasteiger partial charge in [-0.2, -0.15) is 0 Å². The van der Waals surface area contributed by atoms with Gasteiger partial charge in [-0.05, 0) is 20.1 Å². The van der Waals surface area contributed by atoms with Crippen molar-refractivity contribution in [3.8, 4) is 0 Å². The van der Waals surface area contributed by atoms with E-state index in [0.29, 0.717) is 10.5 Å². The van der Waals surface area contributed by atoms with Crippen molar-refractivity contribution in [2.45, 2.75) is 28.2 Å². The SMILES string of the molecule is CSc1sc(C=O)c(Cl)c1S(=O)(=O)C(C)C. The number of aldehydes is 1. The Kier molecular flexibility index (Phi) is 4.45. The Hall–Kier alpha value is -0.0400. The quantitative estimate of drug-likeness (QED) is 0.633. The van der Waals surface area contributed by atoms with Crippen LogP contribution in [0.5, 0.6) is 0 Å². The van der Waals surface area contributed by atoms with Crippen LogP contribution in [0.15, 0.2) is 9.10 Å². The van der Waals surface area contributed by atoms with Crippen LogP contribution in [0.2, 0.25) is 5.02 Å². The first-order chi connectivity index (χ1) is 7.36. The van der Waals surface area contributed by atoms with Crippen LogP contribution in [-0.4, -0.2) is 26.2 Å². The fourth-order valence-corrected chi connectivity index (χ4v) is 5.49. The molecule has 16 heavy (non-hydrogen) atoms. The van der Waals surface area contributed by atoms with E-state index in [2.05, 4.69) is 0 Å². The van der Waals surface area contributed by atoms with Crippen molar-refractivity contribution >= 4 is 50.8 Å². The molecule has 1 heterocycles. The monoisotopic (exact) mass is 298 g/mol. The fraction of sp³-hybridized carbons (Fsp3) is 0.444. The van der Waals surface area contributed by atoms with Gasteiger partial charge in [0.2, 0.25) is 0 Å². The lowest BCUT2D eigenvalue weighted by molar-refractivity contribution is 0.112. The molecular formula is C9H11ClO3S3. The van der Waals surface area contributed by atoms with Crippen molar-refractivity contribution in [2.75, 3.05) is 6.26 Å². The molecule has 0 saturated heterocycles. The number of thiophene rings is 1. The molecule has 0 unspecified atom stereocenters. The molecule has 1 aromatic rings. The number of carbonyl (C=O) groups excluding carboxylic acids is 1. The van der Waals surface area contributed by atoms with E-state index in [1.54, 1.807) is 20.1 Å². The first kappa shape index (κ1) is 14.0. The summed E-state index contributed by atoms with van der Waals surface area (Å²) in [4.78, 5) is 11.1. The minimum absolute atomic E-state index is 0.0538. The van der Waals surface area contributed by atoms with Gasteiger partial charge in [0.25, 0.3) is 0 Å². The van der Waals surface area contributed by atoms with Crippen LogP contribution >= 0.6 is 34.7 Å². The smallest absolute Gasteiger partial charge is 0.184 e. The molecule has 0 aliphatic heterocycles. The maximum Gasteiger partial charge on any atom is 0.184 e. The maximum atomic E-state index is 12.1. The number of halogens is 1. The Morgan fingerprint density at radius 1 is 1.44 bits per heavy atom. The van der Waals surface area contributed by atoms with E-state index in [-0.39, 0.29) is 14.8 Å². The first-order valence-corrected chi connectivity index (χ1v) is 8.38. The third-order valence-electron chi connectivity index (χ3n) is 2.00. The topological polar surface area (TPSA) is 51.2 Å². The second-order valence-electron chi connectivity index (χ2n) is 3.31. The molecule has 0 aliphatic rings. The van der Waals surface area contributed by atoms with Crippen molar-refractivity contribution in [3.63, 3.8) is 0 Å². The lowest BCUT2D eigenvalue weighted by Gasteiger charge is -2.08. The molecule has 7 heteroatoms. The molecule has 0 amide bonds. The van der Waals surface area contributed by atoms with E-state index >= 15 is 0 Å². The highest BCUT2D eigenvalue weighted by Crippen LogP contribution is 2.41. The van der Waals surface area contributed by atoms with E-state index in [0.717, 1.165) is 11.3 Å². The number of carbonyl (C=O) groups is 1. The summed E-state index contributed by atoms with van der Waals surface area (Å²) in [5, 5.41) is -0.497. The highest BCUT2D eigenvalue weighted by atomic mass is 35.5. The normalized spacial score (nSPS) is 12.1. The van der Waals surface area contributed by atoms with Crippen molar-refractivity contribution in [2.24, 2.45) is 0 Å². The van der Waals surface area contributed by atoms with Gasteiger partial charge in [0, 0.05) is 0 Å². The number of sulfone groups is 1. The van der Waals surface area contributed by atoms with Gasteiger partial charge < -0.3 is 0 Å². The first-order valence-electron chi connectivity index (χ1n) is 4.41. The number of hydrogen-bond donors (Lipinski definition) is 0. The molecule has 90 valence electrons. The zero-order valence-electron chi connectivity index (χ0n) is 8.98. The minimum atomic E-state index is -3.44. The molecule has 0 spiro atoms. The molecule has 0 N–H and O–H groups in total. The molecule has 0 bridgehead atoms. The highest BCUT2D eigenvalue weighted by molar-refractivity contribution is 8.01. The standard InChI is InChI=1S/C9H11ClO3S3/c1-5(2)16(12,13)8-7(10)6(4-11)15-9(8)14-3/h4-5H,1-3H3. The van der Waals surface area contributed by atoms with Gasteiger partial charge in [-0.25, -0.2) is 8.42 Å². The zero-order chi connectivity index (χ0) is 12.5. The Bertz CT molecular complexity index is 502. The highest BCUT2D eigenvalue weighted by Gasteiger charge is 2.29. The average Bonchev–Trinajstić information content (AvgIpc) is 2.54. The molecule has 1 rings (SSSR count). The van der Waals surface area contributed by atoms with Gasteiger partial charge in [0.05, 0.1) is 19.4 Å². The lowest BCUT2D eigenvalue weighted by Crippen LogP contribution is -2.14. The van der Waals surface area contributed by atoms with Crippen LogP contribution in [0.3, 0.4) is 0 Å². The summed E-state index contributed by atoms with van der Waals surface area (Å²) in [6, 6.07) is 0. The van der Waals surface area contributed by atoms with E-state index < -0.39 is 15.1 Å². The molecule has 3 nitrogen and oxygen atoms in total. The second kappa shape index (κ2) is 5.08. The van der Waals surface area contributed by atoms with Gasteiger partial charge in [-0.15, -0.1) is 23.1 Å². The second-order valence-corrected chi connectivity index (χ2v) is 8.26. The third-order valence-corrected chi connectivity index (χ3v) is 7.33. The van der Waals surface area contributed by atoms with Crippen LogP contribution in [0.25, 0.3) is 0 Å². The third kappa shape index (κ3) is 2.30. The van der Waals surface area contributed by atoms with Gasteiger partial charge in [0.15, 0.2) is 16.1 Å². The summed E-state index contributed by atoms with van der Waals surface area (Å²) in [6.45, 7) is 3.18. The Balaban J connectivity index is 3.55. The summed E-state index contributed by atoms with van der Waals surface area (Å²) in [5.74, 6) is 0. The Morgan fingerprint density at radius 2 is 2.00 bits per heavy atom. The van der Waals surface area contributed by atoms with Gasteiger partial charge in [-0.3, -0.25) is 4.79 Å². The van der Waals surface area contributed by atoms with Gasteiger partial charge in [0.1, 0.15) is 4.90 Å². The van der Waals surface area contributed by atoms with Crippen LogP contribution in [0.1, 0.15) is 23.5 Å². The molecule has 0 atom stereocenters. The van der Waals surface area contributed by atoms with E-state index in [9.17, 15) is 13.2 Å². The van der Waals surface area contributed by atoms with E-state index in [1.165, 1.54) is 11.8 Å². The molecule has 0 aromatic carbocycles. The summed E-state index contributed by atoms with van der Waals surface area (Å²) < 4.78 is 24.7. The number of rotatable bonds is 4. The fourth-order valence-electron chi connectivity index (χ4n) is 1.08. The maximum absolute atomic E-state index is 12.1. The predicted octanol–water partition coefficient (Wildman–Crippen LogP) is 3.12. The molecule has 0 aliphatic carbocycles. The van der Waals surface area contributed by atoms with E-state index in [1.807, 2.05) is 0 Å².